The van der Waals surface area contributed by atoms with Crippen molar-refractivity contribution < 1.29 is 62.4 Å². The van der Waals surface area contributed by atoms with E-state index in [1.54, 1.807) is 0 Å². The molecule has 0 saturated heterocycles. The average Bonchev–Trinajstić information content (AvgIpc) is 3.50. The first-order valence-electron chi connectivity index (χ1n) is 15.3. The molecule has 0 heterocycles. The molecule has 0 aromatic heterocycles. The van der Waals surface area contributed by atoms with Crippen LogP contribution in [0, 0.1) is 5.92 Å². The van der Waals surface area contributed by atoms with Crippen LogP contribution in [-0.4, -0.2) is 132 Å². The molecule has 7 N–H and O–H groups in total. The number of aliphatic hydroxyl groups excluding tert-OH is 1. The maximum Gasteiger partial charge on any atom is 0.349 e. The van der Waals surface area contributed by atoms with Gasteiger partial charge in [0.25, 0.3) is 5.91 Å². The van der Waals surface area contributed by atoms with Crippen molar-refractivity contribution in [3.8, 4) is 0 Å². The van der Waals surface area contributed by atoms with Gasteiger partial charge in [-0.3, -0.25) is 29.3 Å². The van der Waals surface area contributed by atoms with Crippen LogP contribution in [0.15, 0.2) is 0 Å². The number of nitrogens with one attached hydrogen (secondary N) is 6. The lowest BCUT2D eigenvalue weighted by molar-refractivity contribution is -0.152. The lowest BCUT2D eigenvalue weighted by atomic mass is 10.0. The normalized spacial score (nSPS) is 16.7. The predicted octanol–water partition coefficient (Wildman–Crippen LogP) is -3.49. The highest BCUT2D eigenvalue weighted by atomic mass is 16.6. The van der Waals surface area contributed by atoms with Crippen molar-refractivity contribution in [3.05, 3.63) is 0 Å². The Bertz CT molecular complexity index is 1030. The van der Waals surface area contributed by atoms with E-state index in [2.05, 4.69) is 36.6 Å². The van der Waals surface area contributed by atoms with Crippen LogP contribution < -0.4 is 31.9 Å². The number of amides is 5. The van der Waals surface area contributed by atoms with Gasteiger partial charge in [-0.1, -0.05) is 0 Å². The number of aliphatic hydroxyl groups is 1. The summed E-state index contributed by atoms with van der Waals surface area (Å²) in [4.78, 5) is 84.8. The van der Waals surface area contributed by atoms with E-state index in [1.807, 2.05) is 6.92 Å². The van der Waals surface area contributed by atoms with Crippen LogP contribution in [0.4, 0.5) is 0 Å². The highest BCUT2D eigenvalue weighted by Crippen LogP contribution is 2.31. The first-order valence-corrected chi connectivity index (χ1v) is 15.3. The van der Waals surface area contributed by atoms with Crippen molar-refractivity contribution in [2.24, 2.45) is 5.92 Å². The number of hydrogen-bond acceptors (Lipinski definition) is 14. The van der Waals surface area contributed by atoms with Gasteiger partial charge < -0.3 is 55.4 Å². The fourth-order valence-electron chi connectivity index (χ4n) is 4.35. The van der Waals surface area contributed by atoms with Gasteiger partial charge in [0.1, 0.15) is 19.8 Å². The summed E-state index contributed by atoms with van der Waals surface area (Å²) in [6.45, 7) is 1.44. The Kier molecular flexibility index (Phi) is 21.2. The number of carbonyl (C=O) groups is 7. The molecular weight excluding hydrogens is 628 g/mol. The molecule has 1 rings (SSSR count). The van der Waals surface area contributed by atoms with Crippen LogP contribution in [0.2, 0.25) is 0 Å². The molecule has 1 aliphatic carbocycles. The van der Waals surface area contributed by atoms with E-state index in [0.29, 0.717) is 12.5 Å². The Morgan fingerprint density at radius 1 is 0.787 bits per heavy atom. The smallest absolute Gasteiger partial charge is 0.349 e. The van der Waals surface area contributed by atoms with E-state index in [-0.39, 0.29) is 19.3 Å². The van der Waals surface area contributed by atoms with Crippen molar-refractivity contribution in [3.63, 3.8) is 0 Å². The van der Waals surface area contributed by atoms with Crippen LogP contribution in [0.5, 0.6) is 0 Å². The van der Waals surface area contributed by atoms with Crippen molar-refractivity contribution in [2.75, 3.05) is 66.6 Å². The minimum absolute atomic E-state index is 0.0628. The number of esters is 2. The van der Waals surface area contributed by atoms with Gasteiger partial charge in [-0.05, 0) is 51.9 Å². The van der Waals surface area contributed by atoms with E-state index in [9.17, 15) is 38.7 Å². The molecule has 0 bridgehead atoms. The summed E-state index contributed by atoms with van der Waals surface area (Å²) in [5.74, 6) is -5.25. The molecule has 0 aromatic carbocycles. The lowest BCUT2D eigenvalue weighted by Crippen LogP contribution is -2.57. The third-order valence-corrected chi connectivity index (χ3v) is 6.59. The van der Waals surface area contributed by atoms with Gasteiger partial charge in [0.15, 0.2) is 6.17 Å². The summed E-state index contributed by atoms with van der Waals surface area (Å²) in [6.07, 6.45) is 1.55. The number of carbonyl (C=O) groups excluding carboxylic acids is 7. The molecule has 3 unspecified atom stereocenters. The molecule has 1 aliphatic rings. The average molecular weight is 677 g/mol. The monoisotopic (exact) mass is 676 g/mol. The fraction of sp³-hybridized carbons (Fsp3) is 0.750. The summed E-state index contributed by atoms with van der Waals surface area (Å²) >= 11 is 0. The van der Waals surface area contributed by atoms with Crippen LogP contribution in [0.3, 0.4) is 0 Å². The van der Waals surface area contributed by atoms with Gasteiger partial charge in [-0.15, -0.1) is 0 Å². The standard InChI is InChI=1S/C28H48N6O13/c1-4-44-10-6-7-18-8-9-19(11-18)47-15-23(39)33-25(31-17-35)27(41)30-12-20(36)29-13-21(37)32-26(28(42)46-5-2)34-22(38)14-45-16-24(40)43-3/h18-19,25-26,31,35H,4-17H2,1-3H3,(H,29,36)(H,30,41)(H,32,37)(H,33,39)(H,34,38)/t18?,19?,25?,26-/m0/s1. The molecule has 4 atom stereocenters. The quantitative estimate of drug-likeness (QED) is 0.0298. The molecule has 1 saturated carbocycles. The number of hydrogen-bond donors (Lipinski definition) is 7. The summed E-state index contributed by atoms with van der Waals surface area (Å²) in [7, 11) is 1.13. The van der Waals surface area contributed by atoms with E-state index in [4.69, 9.17) is 18.9 Å². The van der Waals surface area contributed by atoms with E-state index in [0.717, 1.165) is 45.8 Å². The summed E-state index contributed by atoms with van der Waals surface area (Å²) in [6, 6.07) is 0. The van der Waals surface area contributed by atoms with Crippen LogP contribution >= 0.6 is 0 Å². The van der Waals surface area contributed by atoms with Crippen molar-refractivity contribution >= 4 is 41.5 Å². The maximum atomic E-state index is 12.5. The Morgan fingerprint density at radius 2 is 1.47 bits per heavy atom. The Morgan fingerprint density at radius 3 is 2.15 bits per heavy atom. The molecule has 0 aromatic rings. The Balaban J connectivity index is 2.44. The minimum Gasteiger partial charge on any atom is -0.467 e. The second-order valence-electron chi connectivity index (χ2n) is 10.2. The molecule has 47 heavy (non-hydrogen) atoms. The molecule has 0 spiro atoms. The number of methoxy groups -OCH3 is 1. The van der Waals surface area contributed by atoms with Crippen molar-refractivity contribution in [2.45, 2.75) is 64.4 Å². The third kappa shape index (κ3) is 18.7. The van der Waals surface area contributed by atoms with Crippen LogP contribution in [0.1, 0.15) is 46.0 Å². The second-order valence-corrected chi connectivity index (χ2v) is 10.2. The number of ether oxygens (including phenoxy) is 5. The van der Waals surface area contributed by atoms with Crippen molar-refractivity contribution in [1.82, 2.24) is 31.9 Å². The molecule has 19 heteroatoms. The highest BCUT2D eigenvalue weighted by molar-refractivity contribution is 5.93. The molecule has 5 amide bonds. The van der Waals surface area contributed by atoms with Gasteiger partial charge in [0.05, 0.1) is 39.6 Å². The SMILES string of the molecule is CCOCCCC1CCC(OCC(=O)NC(NCO)C(=O)NCC(=O)NCC(=O)N[C@@H](NC(=O)COCC(=O)OC)C(=O)OCC)C1. The maximum absolute atomic E-state index is 12.5. The Labute approximate surface area is 272 Å². The summed E-state index contributed by atoms with van der Waals surface area (Å²) in [5, 5.41) is 22.8. The molecule has 1 fully saturated rings. The van der Waals surface area contributed by atoms with Gasteiger partial charge in [-0.25, -0.2) is 9.59 Å². The third-order valence-electron chi connectivity index (χ3n) is 6.59. The van der Waals surface area contributed by atoms with E-state index < -0.39 is 86.8 Å². The van der Waals surface area contributed by atoms with Gasteiger partial charge >= 0.3 is 11.9 Å². The Hall–Kier alpha value is -3.91. The van der Waals surface area contributed by atoms with Crippen LogP contribution in [0.25, 0.3) is 0 Å². The summed E-state index contributed by atoms with van der Waals surface area (Å²) in [5.41, 5.74) is 0. The zero-order valence-electron chi connectivity index (χ0n) is 27.1. The lowest BCUT2D eigenvalue weighted by Gasteiger charge is -2.20. The minimum atomic E-state index is -1.63. The molecule has 0 aliphatic heterocycles. The molecule has 0 radical (unpaired) electrons. The van der Waals surface area contributed by atoms with Gasteiger partial charge in [-0.2, -0.15) is 0 Å². The van der Waals surface area contributed by atoms with E-state index in [1.165, 1.54) is 6.92 Å². The zero-order chi connectivity index (χ0) is 35.0. The van der Waals surface area contributed by atoms with E-state index >= 15 is 0 Å². The molecule has 19 nitrogen and oxygen atoms in total. The second kappa shape index (κ2) is 24.3. The van der Waals surface area contributed by atoms with Gasteiger partial charge in [0.2, 0.25) is 29.8 Å². The first kappa shape index (κ1) is 41.1. The first-order chi connectivity index (χ1) is 22.5. The topological polar surface area (TPSA) is 258 Å². The zero-order valence-corrected chi connectivity index (χ0v) is 27.1. The molecule has 268 valence electrons. The predicted molar refractivity (Wildman–Crippen MR) is 161 cm³/mol. The highest BCUT2D eigenvalue weighted by Gasteiger charge is 2.27. The van der Waals surface area contributed by atoms with Crippen molar-refractivity contribution in [1.29, 1.82) is 0 Å². The van der Waals surface area contributed by atoms with Gasteiger partial charge in [0, 0.05) is 13.2 Å². The largest absolute Gasteiger partial charge is 0.467 e. The summed E-state index contributed by atoms with van der Waals surface area (Å²) < 4.78 is 25.1. The number of rotatable bonds is 24. The van der Waals surface area contributed by atoms with Crippen LogP contribution in [-0.2, 0) is 57.2 Å². The fourth-order valence-corrected chi connectivity index (χ4v) is 4.35. The molecular formula is C28H48N6O13.